The summed E-state index contributed by atoms with van der Waals surface area (Å²) in [6.45, 7) is 2.02. The maximum absolute atomic E-state index is 13.6. The summed E-state index contributed by atoms with van der Waals surface area (Å²) in [5, 5.41) is 0. The molecule has 0 aliphatic carbocycles. The maximum Gasteiger partial charge on any atom is 0.264 e. The van der Waals surface area contributed by atoms with E-state index in [2.05, 4.69) is 0 Å². The number of benzene rings is 3. The molecule has 140 valence electrons. The average molecular weight is 385 g/mol. The lowest BCUT2D eigenvalue weighted by Gasteiger charge is -2.25. The lowest BCUT2D eigenvalue weighted by atomic mass is 10.2. The number of hydrogen-bond acceptors (Lipinski definition) is 3. The molecule has 0 N–H and O–H groups in total. The van der Waals surface area contributed by atoms with Crippen molar-refractivity contribution < 1.29 is 17.5 Å². The van der Waals surface area contributed by atoms with E-state index < -0.39 is 15.8 Å². The van der Waals surface area contributed by atoms with Crippen LogP contribution in [0.5, 0.6) is 5.75 Å². The summed E-state index contributed by atoms with van der Waals surface area (Å²) in [4.78, 5) is -0.0917. The quantitative estimate of drug-likeness (QED) is 0.626. The highest BCUT2D eigenvalue weighted by Gasteiger charge is 2.25. The summed E-state index contributed by atoms with van der Waals surface area (Å²) in [6, 6.07) is 19.4. The summed E-state index contributed by atoms with van der Waals surface area (Å²) in [5.74, 6) is 0.0424. The predicted octanol–water partition coefficient (Wildman–Crippen LogP) is 4.54. The highest BCUT2D eigenvalue weighted by atomic mass is 32.2. The Hall–Kier alpha value is -2.86. The third kappa shape index (κ3) is 4.28. The number of halogens is 1. The van der Waals surface area contributed by atoms with Crippen LogP contribution in [0.4, 0.5) is 10.1 Å². The van der Waals surface area contributed by atoms with Gasteiger partial charge in [0.05, 0.1) is 24.2 Å². The molecule has 0 radical (unpaired) electrons. The third-order valence-electron chi connectivity index (χ3n) is 4.17. The van der Waals surface area contributed by atoms with Crippen molar-refractivity contribution in [3.8, 4) is 5.75 Å². The van der Waals surface area contributed by atoms with Gasteiger partial charge in [0.25, 0.3) is 10.0 Å². The van der Waals surface area contributed by atoms with Crippen LogP contribution < -0.4 is 9.04 Å². The lowest BCUT2D eigenvalue weighted by Crippen LogP contribution is -2.30. The first-order valence-corrected chi connectivity index (χ1v) is 9.82. The van der Waals surface area contributed by atoms with Crippen molar-refractivity contribution in [3.63, 3.8) is 0 Å². The van der Waals surface area contributed by atoms with Gasteiger partial charge in [0.15, 0.2) is 0 Å². The first kappa shape index (κ1) is 18.9. The molecule has 0 amide bonds. The molecule has 3 rings (SSSR count). The van der Waals surface area contributed by atoms with E-state index in [1.807, 2.05) is 25.1 Å². The molecule has 0 aliphatic heterocycles. The number of hydrogen-bond donors (Lipinski definition) is 0. The van der Waals surface area contributed by atoms with Crippen LogP contribution in [0.1, 0.15) is 11.1 Å². The van der Waals surface area contributed by atoms with E-state index in [1.54, 1.807) is 37.4 Å². The molecule has 0 bridgehead atoms. The van der Waals surface area contributed by atoms with Crippen LogP contribution in [0.15, 0.2) is 77.7 Å². The van der Waals surface area contributed by atoms with Gasteiger partial charge in [-0.3, -0.25) is 4.31 Å². The first-order chi connectivity index (χ1) is 12.9. The number of anilines is 1. The molecule has 0 atom stereocenters. The molecule has 3 aromatic carbocycles. The second-order valence-corrected chi connectivity index (χ2v) is 8.02. The smallest absolute Gasteiger partial charge is 0.264 e. The highest BCUT2D eigenvalue weighted by Crippen LogP contribution is 2.27. The number of nitrogens with zero attached hydrogens (tertiary/aromatic N) is 1. The highest BCUT2D eigenvalue weighted by molar-refractivity contribution is 7.92. The Morgan fingerprint density at radius 2 is 1.67 bits per heavy atom. The van der Waals surface area contributed by atoms with Crippen LogP contribution in [-0.2, 0) is 16.6 Å². The third-order valence-corrected chi connectivity index (χ3v) is 5.94. The lowest BCUT2D eigenvalue weighted by molar-refractivity contribution is 0.414. The molecule has 0 spiro atoms. The first-order valence-electron chi connectivity index (χ1n) is 8.38. The Kier molecular flexibility index (Phi) is 5.46. The topological polar surface area (TPSA) is 46.6 Å². The molecule has 0 heterocycles. The van der Waals surface area contributed by atoms with Crippen molar-refractivity contribution in [1.29, 1.82) is 0 Å². The van der Waals surface area contributed by atoms with E-state index in [0.29, 0.717) is 11.4 Å². The van der Waals surface area contributed by atoms with Crippen LogP contribution >= 0.6 is 0 Å². The molecule has 4 nitrogen and oxygen atoms in total. The standard InChI is InChI=1S/C21H20FNO3S/c1-16-9-11-19(12-10-16)23(15-17-5-3-7-20(13-17)26-2)27(24,25)21-8-4-6-18(22)14-21/h3-14H,15H2,1-2H3. The minimum atomic E-state index is -3.95. The van der Waals surface area contributed by atoms with Crippen LogP contribution in [0.2, 0.25) is 0 Å². The van der Waals surface area contributed by atoms with Gasteiger partial charge in [0.1, 0.15) is 11.6 Å². The van der Waals surface area contributed by atoms with Gasteiger partial charge >= 0.3 is 0 Å². The number of ether oxygens (including phenoxy) is 1. The number of rotatable bonds is 6. The van der Waals surface area contributed by atoms with Gasteiger partial charge in [-0.15, -0.1) is 0 Å². The van der Waals surface area contributed by atoms with Crippen molar-refractivity contribution >= 4 is 15.7 Å². The van der Waals surface area contributed by atoms with Crippen molar-refractivity contribution in [3.05, 3.63) is 89.7 Å². The molecule has 0 fully saturated rings. The number of aryl methyl sites for hydroxylation is 1. The van der Waals surface area contributed by atoms with Crippen LogP contribution in [0.25, 0.3) is 0 Å². The van der Waals surface area contributed by atoms with E-state index in [1.165, 1.54) is 22.5 Å². The minimum absolute atomic E-state index is 0.0917. The molecule has 0 aliphatic rings. The zero-order valence-electron chi connectivity index (χ0n) is 15.1. The summed E-state index contributed by atoms with van der Waals surface area (Å²) < 4.78 is 46.7. The van der Waals surface area contributed by atoms with Crippen molar-refractivity contribution in [2.75, 3.05) is 11.4 Å². The van der Waals surface area contributed by atoms with Gasteiger partial charge in [0.2, 0.25) is 0 Å². The number of methoxy groups -OCH3 is 1. The van der Waals surface area contributed by atoms with E-state index in [0.717, 1.165) is 17.2 Å². The zero-order chi connectivity index (χ0) is 19.4. The Balaban J connectivity index is 2.08. The number of sulfonamides is 1. The fraction of sp³-hybridized carbons (Fsp3) is 0.143. The van der Waals surface area contributed by atoms with Gasteiger partial charge in [-0.2, -0.15) is 0 Å². The molecule has 0 saturated heterocycles. The van der Waals surface area contributed by atoms with E-state index in [4.69, 9.17) is 4.74 Å². The maximum atomic E-state index is 13.6. The van der Waals surface area contributed by atoms with Crippen molar-refractivity contribution in [2.24, 2.45) is 0 Å². The largest absolute Gasteiger partial charge is 0.497 e. The normalized spacial score (nSPS) is 11.2. The summed E-state index contributed by atoms with van der Waals surface area (Å²) in [6.07, 6.45) is 0. The fourth-order valence-corrected chi connectivity index (χ4v) is 4.20. The minimum Gasteiger partial charge on any atom is -0.497 e. The molecule has 0 aromatic heterocycles. The molecular formula is C21H20FNO3S. The Morgan fingerprint density at radius 3 is 2.33 bits per heavy atom. The molecular weight excluding hydrogens is 365 g/mol. The van der Waals surface area contributed by atoms with Crippen LogP contribution in [-0.4, -0.2) is 15.5 Å². The molecule has 0 saturated carbocycles. The van der Waals surface area contributed by atoms with Gasteiger partial charge in [-0.05, 0) is 55.0 Å². The SMILES string of the molecule is COc1cccc(CN(c2ccc(C)cc2)S(=O)(=O)c2cccc(F)c2)c1. The average Bonchev–Trinajstić information content (AvgIpc) is 2.67. The van der Waals surface area contributed by atoms with Gasteiger partial charge in [-0.25, -0.2) is 12.8 Å². The van der Waals surface area contributed by atoms with Gasteiger partial charge in [0, 0.05) is 0 Å². The molecule has 27 heavy (non-hydrogen) atoms. The Bertz CT molecular complexity index is 1030. The zero-order valence-corrected chi connectivity index (χ0v) is 15.9. The fourth-order valence-electron chi connectivity index (χ4n) is 2.72. The van der Waals surface area contributed by atoms with Crippen molar-refractivity contribution in [2.45, 2.75) is 18.4 Å². The predicted molar refractivity (Wildman–Crippen MR) is 104 cm³/mol. The summed E-state index contributed by atoms with van der Waals surface area (Å²) in [7, 11) is -2.40. The monoisotopic (exact) mass is 385 g/mol. The van der Waals surface area contributed by atoms with Gasteiger partial charge < -0.3 is 4.74 Å². The Morgan fingerprint density at radius 1 is 0.963 bits per heavy atom. The van der Waals surface area contributed by atoms with E-state index >= 15 is 0 Å². The Labute approximate surface area is 158 Å². The summed E-state index contributed by atoms with van der Waals surface area (Å²) >= 11 is 0. The summed E-state index contributed by atoms with van der Waals surface area (Å²) in [5.41, 5.74) is 2.28. The second kappa shape index (κ2) is 7.80. The van der Waals surface area contributed by atoms with Crippen molar-refractivity contribution in [1.82, 2.24) is 0 Å². The second-order valence-electron chi connectivity index (χ2n) is 6.16. The van der Waals surface area contributed by atoms with E-state index in [-0.39, 0.29) is 11.4 Å². The molecule has 3 aromatic rings. The van der Waals surface area contributed by atoms with Crippen LogP contribution in [0.3, 0.4) is 0 Å². The van der Waals surface area contributed by atoms with E-state index in [9.17, 15) is 12.8 Å². The van der Waals surface area contributed by atoms with Gasteiger partial charge in [-0.1, -0.05) is 35.9 Å². The molecule has 0 unspecified atom stereocenters. The van der Waals surface area contributed by atoms with Crippen LogP contribution in [0, 0.1) is 12.7 Å². The molecule has 6 heteroatoms.